The summed E-state index contributed by atoms with van der Waals surface area (Å²) in [5.74, 6) is 0.873. The molecule has 3 aromatic rings. The van der Waals surface area contributed by atoms with Crippen LogP contribution in [0.2, 0.25) is 0 Å². The van der Waals surface area contributed by atoms with Gasteiger partial charge in [0.05, 0.1) is 12.6 Å². The molecule has 43 heavy (non-hydrogen) atoms. The number of fused-ring (bicyclic) bond motifs is 1. The van der Waals surface area contributed by atoms with Crippen LogP contribution in [-0.2, 0) is 22.6 Å². The van der Waals surface area contributed by atoms with Crippen LogP contribution in [0.4, 0.5) is 10.1 Å². The summed E-state index contributed by atoms with van der Waals surface area (Å²) >= 11 is 0. The summed E-state index contributed by atoms with van der Waals surface area (Å²) in [6.45, 7) is 8.54. The molecule has 0 fully saturated rings. The van der Waals surface area contributed by atoms with E-state index in [1.807, 2.05) is 43.3 Å². The van der Waals surface area contributed by atoms with E-state index in [2.05, 4.69) is 44.3 Å². The Hall–Kier alpha value is -4.58. The van der Waals surface area contributed by atoms with Gasteiger partial charge in [0.2, 0.25) is 0 Å². The Morgan fingerprint density at radius 3 is 2.58 bits per heavy atom. The van der Waals surface area contributed by atoms with E-state index in [9.17, 15) is 9.18 Å². The van der Waals surface area contributed by atoms with E-state index in [-0.39, 0.29) is 31.8 Å². The van der Waals surface area contributed by atoms with Gasteiger partial charge in [-0.15, -0.1) is 0 Å². The van der Waals surface area contributed by atoms with Gasteiger partial charge in [0.15, 0.2) is 0 Å². The first kappa shape index (κ1) is 29.9. The van der Waals surface area contributed by atoms with Gasteiger partial charge < -0.3 is 19.5 Å². The van der Waals surface area contributed by atoms with Gasteiger partial charge in [0.25, 0.3) is 0 Å². The number of anilines is 1. The van der Waals surface area contributed by atoms with Crippen molar-refractivity contribution in [3.8, 4) is 22.6 Å². The SMILES string of the molecule is COc1cc(OC(=O)CCc2ccccc2)ccc1-c1ccc2c(c1COC1=C(C)CC=CC(F)=C1)C(C)=CC(C)(C)N2.[HH]. The number of rotatable bonds is 9. The number of aryl methyl sites for hydroxylation is 1. The Balaban J connectivity index is 0.00000442. The second kappa shape index (κ2) is 12.7. The molecule has 0 saturated carbocycles. The minimum atomic E-state index is -0.336. The van der Waals surface area contributed by atoms with Crippen LogP contribution < -0.4 is 14.8 Å². The number of hydrogen-bond acceptors (Lipinski definition) is 5. The second-order valence-corrected chi connectivity index (χ2v) is 11.6. The maximum Gasteiger partial charge on any atom is 0.311 e. The predicted molar refractivity (Wildman–Crippen MR) is 173 cm³/mol. The molecular formula is C37H40FNO4. The third-order valence-corrected chi connectivity index (χ3v) is 7.66. The highest BCUT2D eigenvalue weighted by Gasteiger charge is 2.27. The van der Waals surface area contributed by atoms with Crippen molar-refractivity contribution in [2.45, 2.75) is 59.1 Å². The summed E-state index contributed by atoms with van der Waals surface area (Å²) < 4.78 is 32.1. The van der Waals surface area contributed by atoms with Crippen LogP contribution in [0.25, 0.3) is 16.7 Å². The van der Waals surface area contributed by atoms with Crippen LogP contribution in [0, 0.1) is 0 Å². The van der Waals surface area contributed by atoms with E-state index in [1.54, 1.807) is 25.3 Å². The van der Waals surface area contributed by atoms with Crippen molar-refractivity contribution in [2.75, 3.05) is 12.4 Å². The minimum Gasteiger partial charge on any atom is -0.496 e. The average molecular weight is 582 g/mol. The number of nitrogens with one attached hydrogen (secondary N) is 1. The number of methoxy groups -OCH3 is 1. The molecule has 0 amide bonds. The summed E-state index contributed by atoms with van der Waals surface area (Å²) in [5, 5.41) is 3.62. The molecule has 1 N–H and O–H groups in total. The van der Waals surface area contributed by atoms with E-state index in [0.29, 0.717) is 30.1 Å². The number of carbonyl (C=O) groups is 1. The average Bonchev–Trinajstić information content (AvgIpc) is 3.13. The maximum atomic E-state index is 14.3. The second-order valence-electron chi connectivity index (χ2n) is 11.6. The van der Waals surface area contributed by atoms with Crippen molar-refractivity contribution < 1.29 is 24.8 Å². The summed E-state index contributed by atoms with van der Waals surface area (Å²) in [7, 11) is 1.60. The molecule has 3 aromatic carbocycles. The first-order valence-electron chi connectivity index (χ1n) is 14.6. The first-order valence-corrected chi connectivity index (χ1v) is 14.6. The van der Waals surface area contributed by atoms with E-state index in [0.717, 1.165) is 44.7 Å². The normalized spacial score (nSPS) is 15.5. The fraction of sp³-hybridized carbons (Fsp3) is 0.270. The van der Waals surface area contributed by atoms with Crippen LogP contribution in [0.1, 0.15) is 58.7 Å². The van der Waals surface area contributed by atoms with Crippen LogP contribution in [0.3, 0.4) is 0 Å². The lowest BCUT2D eigenvalue weighted by Crippen LogP contribution is -2.32. The van der Waals surface area contributed by atoms with Gasteiger partial charge in [-0.1, -0.05) is 48.6 Å². The van der Waals surface area contributed by atoms with Crippen molar-refractivity contribution in [1.29, 1.82) is 0 Å². The standard InChI is InChI=1S/C37H38FNO4.H2/c1-24-10-9-13-27(38)20-33(24)42-23-31-29(17-18-32-36(31)25(2)22-37(3,4)39-32)30-16-15-28(21-34(30)41-5)43-35(40)19-14-26-11-7-6-8-12-26;/h6-9,11-13,15-18,20-22,39H,10,14,19,23H2,1-5H3;1H. The molecular weight excluding hydrogens is 541 g/mol. The van der Waals surface area contributed by atoms with E-state index < -0.39 is 0 Å². The topological polar surface area (TPSA) is 56.8 Å². The van der Waals surface area contributed by atoms with E-state index in [4.69, 9.17) is 14.2 Å². The molecule has 0 unspecified atom stereocenters. The molecule has 0 radical (unpaired) electrons. The van der Waals surface area contributed by atoms with Crippen molar-refractivity contribution in [2.24, 2.45) is 0 Å². The van der Waals surface area contributed by atoms with Gasteiger partial charge in [0, 0.05) is 42.4 Å². The number of halogens is 1. The van der Waals surface area contributed by atoms with Crippen molar-refractivity contribution in [1.82, 2.24) is 0 Å². The van der Waals surface area contributed by atoms with E-state index >= 15 is 0 Å². The zero-order chi connectivity index (χ0) is 30.6. The third kappa shape index (κ3) is 7.08. The van der Waals surface area contributed by atoms with Gasteiger partial charge in [-0.3, -0.25) is 4.79 Å². The fourth-order valence-electron chi connectivity index (χ4n) is 5.69. The predicted octanol–water partition coefficient (Wildman–Crippen LogP) is 9.36. The highest BCUT2D eigenvalue weighted by atomic mass is 19.1. The van der Waals surface area contributed by atoms with Crippen LogP contribution in [0.15, 0.2) is 102 Å². The Bertz CT molecular complexity index is 1650. The molecule has 0 aromatic heterocycles. The Morgan fingerprint density at radius 2 is 1.81 bits per heavy atom. The highest BCUT2D eigenvalue weighted by Crippen LogP contribution is 2.43. The van der Waals surface area contributed by atoms with Crippen LogP contribution >= 0.6 is 0 Å². The summed E-state index contributed by atoms with van der Waals surface area (Å²) in [4.78, 5) is 12.6. The van der Waals surface area contributed by atoms with E-state index in [1.165, 1.54) is 12.2 Å². The molecule has 6 heteroatoms. The number of allylic oxidation sites excluding steroid dienone is 6. The highest BCUT2D eigenvalue weighted by molar-refractivity contribution is 5.88. The monoisotopic (exact) mass is 581 g/mol. The number of benzene rings is 3. The van der Waals surface area contributed by atoms with Gasteiger partial charge >= 0.3 is 5.97 Å². The zero-order valence-corrected chi connectivity index (χ0v) is 25.4. The Kier molecular flexibility index (Phi) is 8.86. The lowest BCUT2D eigenvalue weighted by Gasteiger charge is -2.33. The van der Waals surface area contributed by atoms with Crippen LogP contribution in [-0.4, -0.2) is 18.6 Å². The summed E-state index contributed by atoms with van der Waals surface area (Å²) in [6, 6.07) is 19.4. The third-order valence-electron chi connectivity index (χ3n) is 7.66. The molecule has 0 atom stereocenters. The van der Waals surface area contributed by atoms with Crippen molar-refractivity contribution in [3.05, 3.63) is 119 Å². The molecule has 0 spiro atoms. The molecule has 0 bridgehead atoms. The van der Waals surface area contributed by atoms with Crippen LogP contribution in [0.5, 0.6) is 11.5 Å². The Labute approximate surface area is 254 Å². The molecule has 0 saturated heterocycles. The van der Waals surface area contributed by atoms with Gasteiger partial charge in [-0.25, -0.2) is 4.39 Å². The molecule has 2 aliphatic rings. The molecule has 5 nitrogen and oxygen atoms in total. The summed E-state index contributed by atoms with van der Waals surface area (Å²) in [6.07, 6.45) is 8.41. The molecule has 1 heterocycles. The van der Waals surface area contributed by atoms with Crippen molar-refractivity contribution >= 4 is 17.2 Å². The maximum absolute atomic E-state index is 14.3. The fourth-order valence-corrected chi connectivity index (χ4v) is 5.69. The minimum absolute atomic E-state index is 0. The van der Waals surface area contributed by atoms with Gasteiger partial charge in [-0.05, 0) is 87.1 Å². The smallest absolute Gasteiger partial charge is 0.311 e. The first-order chi connectivity index (χ1) is 20.6. The molecule has 1 aliphatic heterocycles. The number of ether oxygens (including phenoxy) is 3. The van der Waals surface area contributed by atoms with Crippen molar-refractivity contribution in [3.63, 3.8) is 0 Å². The quantitative estimate of drug-likeness (QED) is 0.202. The van der Waals surface area contributed by atoms with Gasteiger partial charge in [-0.2, -0.15) is 0 Å². The van der Waals surface area contributed by atoms with Gasteiger partial charge in [0.1, 0.15) is 29.7 Å². The Morgan fingerprint density at radius 1 is 1.05 bits per heavy atom. The summed E-state index contributed by atoms with van der Waals surface area (Å²) in [5.41, 5.74) is 7.71. The number of carbonyl (C=O) groups excluding carboxylic acids is 1. The molecule has 5 rings (SSSR count). The number of esters is 1. The largest absolute Gasteiger partial charge is 0.496 e. The lowest BCUT2D eigenvalue weighted by molar-refractivity contribution is -0.134. The molecule has 224 valence electrons. The lowest BCUT2D eigenvalue weighted by atomic mass is 9.85. The zero-order valence-electron chi connectivity index (χ0n) is 25.4. The molecule has 1 aliphatic carbocycles. The number of hydrogen-bond donors (Lipinski definition) is 1.